The number of ether oxygens (including phenoxy) is 2. The summed E-state index contributed by atoms with van der Waals surface area (Å²) in [6.45, 7) is 2.37. The Morgan fingerprint density at radius 1 is 0.968 bits per heavy atom. The van der Waals surface area contributed by atoms with Gasteiger partial charge in [-0.15, -0.1) is 0 Å². The van der Waals surface area contributed by atoms with Crippen molar-refractivity contribution in [1.82, 2.24) is 14.9 Å². The van der Waals surface area contributed by atoms with E-state index >= 15 is 0 Å². The highest BCUT2D eigenvalue weighted by Crippen LogP contribution is 2.24. The molecule has 0 spiro atoms. The molecule has 0 amide bonds. The molecule has 8 nitrogen and oxygen atoms in total. The fourth-order valence-electron chi connectivity index (χ4n) is 3.05. The van der Waals surface area contributed by atoms with Crippen molar-refractivity contribution in [3.8, 4) is 22.9 Å². The number of methoxy groups -OCH3 is 1. The number of fused-ring (bicyclic) bond motifs is 1. The largest absolute Gasteiger partial charge is 0.497 e. The highest BCUT2D eigenvalue weighted by molar-refractivity contribution is 7.89. The summed E-state index contributed by atoms with van der Waals surface area (Å²) in [6.07, 6.45) is 0. The lowest BCUT2D eigenvalue weighted by molar-refractivity contribution is 0.340. The molecule has 160 valence electrons. The lowest BCUT2D eigenvalue weighted by atomic mass is 10.1. The minimum atomic E-state index is -3.76. The summed E-state index contributed by atoms with van der Waals surface area (Å²) in [5, 5.41) is 5.59. The van der Waals surface area contributed by atoms with Gasteiger partial charge in [0.25, 0.3) is 0 Å². The van der Waals surface area contributed by atoms with Gasteiger partial charge in [0.2, 0.25) is 21.7 Å². The van der Waals surface area contributed by atoms with E-state index in [1.807, 2.05) is 43.3 Å². The van der Waals surface area contributed by atoms with Gasteiger partial charge in [-0.05, 0) is 66.2 Å². The molecule has 0 unspecified atom stereocenters. The van der Waals surface area contributed by atoms with Gasteiger partial charge in [-0.2, -0.15) is 4.98 Å². The van der Waals surface area contributed by atoms with Crippen molar-refractivity contribution in [2.75, 3.05) is 13.7 Å². The van der Waals surface area contributed by atoms with Crippen LogP contribution in [0.15, 0.2) is 70.1 Å². The zero-order chi connectivity index (χ0) is 21.8. The van der Waals surface area contributed by atoms with Crippen LogP contribution in [0, 0.1) is 0 Å². The fourth-order valence-corrected chi connectivity index (χ4v) is 4.06. The number of nitrogens with zero attached hydrogens (tertiary/aromatic N) is 2. The number of aromatic nitrogens is 2. The minimum Gasteiger partial charge on any atom is -0.497 e. The summed E-state index contributed by atoms with van der Waals surface area (Å²) >= 11 is 0. The average Bonchev–Trinajstić information content (AvgIpc) is 3.27. The lowest BCUT2D eigenvalue weighted by Gasteiger charge is -2.07. The Bertz CT molecular complexity index is 1300. The molecule has 0 bridgehead atoms. The van der Waals surface area contributed by atoms with E-state index in [4.69, 9.17) is 14.0 Å². The zero-order valence-corrected chi connectivity index (χ0v) is 17.8. The second-order valence-electron chi connectivity index (χ2n) is 6.67. The van der Waals surface area contributed by atoms with Crippen LogP contribution in [0.4, 0.5) is 0 Å². The smallest absolute Gasteiger partial charge is 0.242 e. The SMILES string of the molecule is CCOc1ccc(-c2noc(CNS(=O)(=O)c3ccc4cc(OC)ccc4c3)n2)cc1. The molecule has 3 aromatic carbocycles. The van der Waals surface area contributed by atoms with Crippen LogP contribution in [-0.4, -0.2) is 32.3 Å². The molecule has 0 atom stereocenters. The van der Waals surface area contributed by atoms with Crippen molar-refractivity contribution in [2.45, 2.75) is 18.4 Å². The number of hydrogen-bond acceptors (Lipinski definition) is 7. The Morgan fingerprint density at radius 3 is 2.42 bits per heavy atom. The van der Waals surface area contributed by atoms with Gasteiger partial charge in [-0.1, -0.05) is 17.3 Å². The van der Waals surface area contributed by atoms with Gasteiger partial charge in [-0.25, -0.2) is 13.1 Å². The molecule has 0 aliphatic carbocycles. The molecule has 1 heterocycles. The van der Waals surface area contributed by atoms with Gasteiger partial charge in [0.05, 0.1) is 25.2 Å². The summed E-state index contributed by atoms with van der Waals surface area (Å²) in [4.78, 5) is 4.41. The molecule has 1 N–H and O–H groups in total. The second-order valence-corrected chi connectivity index (χ2v) is 8.44. The molecule has 0 radical (unpaired) electrons. The van der Waals surface area contributed by atoms with Crippen molar-refractivity contribution in [3.05, 3.63) is 66.6 Å². The summed E-state index contributed by atoms with van der Waals surface area (Å²) in [5.41, 5.74) is 0.742. The molecule has 31 heavy (non-hydrogen) atoms. The Kier molecular flexibility index (Phi) is 5.88. The predicted octanol–water partition coefficient (Wildman–Crippen LogP) is 3.78. The third-order valence-corrected chi connectivity index (χ3v) is 6.03. The van der Waals surface area contributed by atoms with Gasteiger partial charge >= 0.3 is 0 Å². The summed E-state index contributed by atoms with van der Waals surface area (Å²) in [5.74, 6) is 1.99. The van der Waals surface area contributed by atoms with Crippen molar-refractivity contribution >= 4 is 20.8 Å². The molecule has 4 aromatic rings. The van der Waals surface area contributed by atoms with Gasteiger partial charge in [0, 0.05) is 5.56 Å². The topological polar surface area (TPSA) is 104 Å². The van der Waals surface area contributed by atoms with Crippen molar-refractivity contribution in [1.29, 1.82) is 0 Å². The van der Waals surface area contributed by atoms with E-state index < -0.39 is 10.0 Å². The first kappa shape index (κ1) is 20.8. The third kappa shape index (κ3) is 4.68. The number of nitrogens with one attached hydrogen (secondary N) is 1. The molecule has 0 aliphatic rings. The first-order valence-corrected chi connectivity index (χ1v) is 11.1. The Morgan fingerprint density at radius 2 is 1.68 bits per heavy atom. The van der Waals surface area contributed by atoms with Crippen LogP contribution >= 0.6 is 0 Å². The van der Waals surface area contributed by atoms with Crippen LogP contribution in [0.1, 0.15) is 12.8 Å². The third-order valence-electron chi connectivity index (χ3n) is 4.63. The number of rotatable bonds is 8. The molecule has 1 aromatic heterocycles. The van der Waals surface area contributed by atoms with E-state index in [2.05, 4.69) is 14.9 Å². The Labute approximate surface area is 179 Å². The van der Waals surface area contributed by atoms with Gasteiger partial charge in [0.1, 0.15) is 11.5 Å². The van der Waals surface area contributed by atoms with E-state index in [-0.39, 0.29) is 17.3 Å². The highest BCUT2D eigenvalue weighted by atomic mass is 32.2. The monoisotopic (exact) mass is 439 g/mol. The first-order chi connectivity index (χ1) is 15.0. The minimum absolute atomic E-state index is 0.118. The molecule has 0 saturated carbocycles. The number of benzene rings is 3. The zero-order valence-electron chi connectivity index (χ0n) is 17.0. The van der Waals surface area contributed by atoms with Crippen molar-refractivity contribution < 1.29 is 22.4 Å². The maximum atomic E-state index is 12.7. The second kappa shape index (κ2) is 8.75. The van der Waals surface area contributed by atoms with Crippen molar-refractivity contribution in [3.63, 3.8) is 0 Å². The summed E-state index contributed by atoms with van der Waals surface area (Å²) in [7, 11) is -2.17. The lowest BCUT2D eigenvalue weighted by Crippen LogP contribution is -2.23. The molecule has 0 saturated heterocycles. The van der Waals surface area contributed by atoms with Crippen LogP contribution in [0.3, 0.4) is 0 Å². The highest BCUT2D eigenvalue weighted by Gasteiger charge is 2.17. The van der Waals surface area contributed by atoms with Crippen LogP contribution < -0.4 is 14.2 Å². The molecular formula is C22H21N3O5S. The molecule has 0 aliphatic heterocycles. The standard InChI is InChI=1S/C22H21N3O5S/c1-3-29-18-8-4-15(5-9-18)22-24-21(30-25-22)14-23-31(26,27)20-11-7-16-12-19(28-2)10-6-17(16)13-20/h4-13,23H,3,14H2,1-2H3. The Hall–Kier alpha value is -3.43. The molecular weight excluding hydrogens is 418 g/mol. The number of hydrogen-bond donors (Lipinski definition) is 1. The molecule has 4 rings (SSSR count). The van der Waals surface area contributed by atoms with Gasteiger partial charge in [-0.3, -0.25) is 0 Å². The predicted molar refractivity (Wildman–Crippen MR) is 115 cm³/mol. The van der Waals surface area contributed by atoms with Crippen LogP contribution in [0.2, 0.25) is 0 Å². The van der Waals surface area contributed by atoms with Crippen LogP contribution in [0.5, 0.6) is 11.5 Å². The Balaban J connectivity index is 1.46. The van der Waals surface area contributed by atoms with Gasteiger partial charge < -0.3 is 14.0 Å². The fraction of sp³-hybridized carbons (Fsp3) is 0.182. The molecule has 0 fully saturated rings. The normalized spacial score (nSPS) is 11.5. The number of sulfonamides is 1. The maximum absolute atomic E-state index is 12.7. The van der Waals surface area contributed by atoms with Gasteiger partial charge in [0.15, 0.2) is 0 Å². The van der Waals surface area contributed by atoms with E-state index in [1.54, 1.807) is 31.4 Å². The van der Waals surface area contributed by atoms with E-state index in [9.17, 15) is 8.42 Å². The summed E-state index contributed by atoms with van der Waals surface area (Å²) < 4.78 is 43.7. The molecule has 9 heteroatoms. The van der Waals surface area contributed by atoms with E-state index in [1.165, 1.54) is 0 Å². The van der Waals surface area contributed by atoms with E-state index in [0.29, 0.717) is 18.2 Å². The first-order valence-electron chi connectivity index (χ1n) is 9.62. The van der Waals surface area contributed by atoms with Crippen molar-refractivity contribution in [2.24, 2.45) is 0 Å². The van der Waals surface area contributed by atoms with E-state index in [0.717, 1.165) is 22.1 Å². The van der Waals surface area contributed by atoms with Crippen LogP contribution in [0.25, 0.3) is 22.2 Å². The summed E-state index contributed by atoms with van der Waals surface area (Å²) in [6, 6.07) is 17.6. The maximum Gasteiger partial charge on any atom is 0.242 e. The quantitative estimate of drug-likeness (QED) is 0.446. The van der Waals surface area contributed by atoms with Crippen LogP contribution in [-0.2, 0) is 16.6 Å². The average molecular weight is 439 g/mol.